The van der Waals surface area contributed by atoms with Gasteiger partial charge in [-0.3, -0.25) is 14.8 Å². The van der Waals surface area contributed by atoms with E-state index in [9.17, 15) is 23.2 Å². The van der Waals surface area contributed by atoms with Gasteiger partial charge in [-0.05, 0) is 44.2 Å². The van der Waals surface area contributed by atoms with Crippen LogP contribution in [0.15, 0.2) is 45.7 Å². The topological polar surface area (TPSA) is 129 Å². The number of sulfonamides is 1. The van der Waals surface area contributed by atoms with E-state index in [4.69, 9.17) is 4.42 Å². The van der Waals surface area contributed by atoms with Crippen LogP contribution in [-0.4, -0.2) is 52.8 Å². The van der Waals surface area contributed by atoms with Crippen molar-refractivity contribution in [2.75, 3.05) is 17.6 Å². The van der Waals surface area contributed by atoms with Crippen LogP contribution in [0, 0.1) is 5.41 Å². The van der Waals surface area contributed by atoms with Gasteiger partial charge < -0.3 is 9.73 Å². The summed E-state index contributed by atoms with van der Waals surface area (Å²) in [6.07, 6.45) is 0. The van der Waals surface area contributed by atoms with Gasteiger partial charge in [0.1, 0.15) is 17.2 Å². The van der Waals surface area contributed by atoms with Crippen LogP contribution in [0.1, 0.15) is 34.6 Å². The van der Waals surface area contributed by atoms with E-state index in [1.807, 2.05) is 20.8 Å². The van der Waals surface area contributed by atoms with E-state index in [1.165, 1.54) is 23.9 Å². The van der Waals surface area contributed by atoms with Crippen molar-refractivity contribution in [1.29, 1.82) is 0 Å². The van der Waals surface area contributed by atoms with Crippen molar-refractivity contribution in [2.45, 2.75) is 50.3 Å². The molecule has 1 aliphatic rings. The van der Waals surface area contributed by atoms with Gasteiger partial charge in [0.25, 0.3) is 5.91 Å². The molecule has 2 aromatic carbocycles. The molecule has 0 spiro atoms. The Bertz CT molecular complexity index is 1420. The first-order chi connectivity index (χ1) is 16.3. The highest BCUT2D eigenvalue weighted by Gasteiger charge is 2.48. The summed E-state index contributed by atoms with van der Waals surface area (Å²) in [6.45, 7) is 9.16. The van der Waals surface area contributed by atoms with Crippen LogP contribution in [0.25, 0.3) is 21.9 Å². The molecule has 9 nitrogen and oxygen atoms in total. The van der Waals surface area contributed by atoms with Crippen LogP contribution < -0.4 is 10.8 Å². The highest BCUT2D eigenvalue weighted by molar-refractivity contribution is 8.01. The number of hydrogen-bond donors (Lipinski definition) is 3. The van der Waals surface area contributed by atoms with Crippen LogP contribution in [0.5, 0.6) is 0 Å². The fourth-order valence-corrected chi connectivity index (χ4v) is 7.30. The van der Waals surface area contributed by atoms with E-state index in [-0.39, 0.29) is 17.3 Å². The molecule has 2 amide bonds. The molecule has 0 bridgehead atoms. The summed E-state index contributed by atoms with van der Waals surface area (Å²) in [6, 6.07) is 8.71. The number of rotatable bonds is 4. The van der Waals surface area contributed by atoms with Gasteiger partial charge in [0, 0.05) is 45.0 Å². The zero-order valence-corrected chi connectivity index (χ0v) is 21.8. The minimum Gasteiger partial charge on any atom is -0.456 e. The second-order valence-electron chi connectivity index (χ2n) is 10.1. The molecule has 3 N–H and O–H groups in total. The second kappa shape index (κ2) is 8.81. The molecule has 0 radical (unpaired) electrons. The normalized spacial score (nSPS) is 19.1. The van der Waals surface area contributed by atoms with Crippen molar-refractivity contribution in [3.8, 4) is 0 Å². The van der Waals surface area contributed by atoms with E-state index < -0.39 is 32.1 Å². The third-order valence-electron chi connectivity index (χ3n) is 6.08. The number of thioether (sulfide) groups is 1. The molecular weight excluding hydrogens is 490 g/mol. The molecule has 3 aromatic rings. The quantitative estimate of drug-likeness (QED) is 0.351. The number of nitrogens with zero attached hydrogens (tertiary/aromatic N) is 1. The molecule has 188 valence electrons. The highest BCUT2D eigenvalue weighted by atomic mass is 32.2. The standard InChI is InChI=1S/C24H29N3O6S2/c1-23(2,3)22(29)25-14-6-8-16-17-13-15(7-9-18(17)33-19(16)12-14)35(31,32)27-10-11-34-24(4,5)20(27)21(28)26-30/h6-9,12-13,20,30H,10-11H2,1-5H3,(H,25,29)(H,26,28). The number of nitrogens with one attached hydrogen (secondary N) is 2. The van der Waals surface area contributed by atoms with Gasteiger partial charge in [-0.2, -0.15) is 16.1 Å². The molecule has 0 aliphatic carbocycles. The summed E-state index contributed by atoms with van der Waals surface area (Å²) >= 11 is 1.48. The zero-order chi connectivity index (χ0) is 25.8. The lowest BCUT2D eigenvalue weighted by Gasteiger charge is -2.43. The number of carbonyl (C=O) groups excluding carboxylic acids is 2. The first kappa shape index (κ1) is 25.5. The second-order valence-corrected chi connectivity index (χ2v) is 13.8. The zero-order valence-electron chi connectivity index (χ0n) is 20.2. The van der Waals surface area contributed by atoms with Gasteiger partial charge in [0.2, 0.25) is 15.9 Å². The number of carbonyl (C=O) groups is 2. The van der Waals surface area contributed by atoms with E-state index in [0.29, 0.717) is 33.4 Å². The van der Waals surface area contributed by atoms with Crippen molar-refractivity contribution in [3.63, 3.8) is 0 Å². The van der Waals surface area contributed by atoms with Crippen LogP contribution in [0.4, 0.5) is 5.69 Å². The van der Waals surface area contributed by atoms with Crippen molar-refractivity contribution < 1.29 is 27.6 Å². The maximum Gasteiger partial charge on any atom is 0.263 e. The summed E-state index contributed by atoms with van der Waals surface area (Å²) in [5, 5.41) is 13.4. The van der Waals surface area contributed by atoms with E-state index >= 15 is 0 Å². The van der Waals surface area contributed by atoms with E-state index in [1.54, 1.807) is 43.6 Å². The van der Waals surface area contributed by atoms with Gasteiger partial charge in [0.05, 0.1) is 4.90 Å². The Kier molecular flexibility index (Phi) is 6.41. The Balaban J connectivity index is 1.75. The molecule has 1 unspecified atom stereocenters. The fraction of sp³-hybridized carbons (Fsp3) is 0.417. The predicted molar refractivity (Wildman–Crippen MR) is 136 cm³/mol. The monoisotopic (exact) mass is 519 g/mol. The largest absolute Gasteiger partial charge is 0.456 e. The smallest absolute Gasteiger partial charge is 0.263 e. The Morgan fingerprint density at radius 1 is 1.11 bits per heavy atom. The van der Waals surface area contributed by atoms with Crippen molar-refractivity contribution in [2.24, 2.45) is 5.41 Å². The minimum absolute atomic E-state index is 0.0243. The summed E-state index contributed by atoms with van der Waals surface area (Å²) < 4.78 is 33.6. The Morgan fingerprint density at radius 2 is 1.83 bits per heavy atom. The lowest BCUT2D eigenvalue weighted by atomic mass is 9.95. The number of fused-ring (bicyclic) bond motifs is 3. The van der Waals surface area contributed by atoms with Crippen molar-refractivity contribution in [1.82, 2.24) is 9.79 Å². The average molecular weight is 520 g/mol. The third kappa shape index (κ3) is 4.65. The van der Waals surface area contributed by atoms with Gasteiger partial charge >= 0.3 is 0 Å². The molecule has 4 rings (SSSR count). The molecule has 1 fully saturated rings. The van der Waals surface area contributed by atoms with Gasteiger partial charge in [0.15, 0.2) is 0 Å². The molecule has 1 aliphatic heterocycles. The van der Waals surface area contributed by atoms with Crippen molar-refractivity contribution in [3.05, 3.63) is 36.4 Å². The number of benzene rings is 2. The molecule has 0 saturated carbocycles. The van der Waals surface area contributed by atoms with Gasteiger partial charge in [-0.15, -0.1) is 0 Å². The van der Waals surface area contributed by atoms with Gasteiger partial charge in [-0.1, -0.05) is 20.8 Å². The first-order valence-electron chi connectivity index (χ1n) is 11.1. The fourth-order valence-electron chi connectivity index (χ4n) is 4.17. The minimum atomic E-state index is -4.07. The third-order valence-corrected chi connectivity index (χ3v) is 9.29. The SMILES string of the molecule is CC(C)(C)C(=O)Nc1ccc2c(c1)oc1ccc(S(=O)(=O)N3CCSC(C)(C)C3C(=O)NO)cc12. The van der Waals surface area contributed by atoms with E-state index in [0.717, 1.165) is 4.31 Å². The van der Waals surface area contributed by atoms with E-state index in [2.05, 4.69) is 5.32 Å². The Labute approximate surface area is 208 Å². The number of hydrogen-bond acceptors (Lipinski definition) is 7. The number of hydroxylamine groups is 1. The summed E-state index contributed by atoms with van der Waals surface area (Å²) in [5.41, 5.74) is 2.65. The number of furan rings is 1. The molecule has 11 heteroatoms. The summed E-state index contributed by atoms with van der Waals surface area (Å²) in [7, 11) is -4.07. The van der Waals surface area contributed by atoms with Crippen LogP contribution >= 0.6 is 11.8 Å². The average Bonchev–Trinajstić information content (AvgIpc) is 3.14. The molecule has 35 heavy (non-hydrogen) atoms. The maximum absolute atomic E-state index is 13.7. The molecule has 1 aromatic heterocycles. The molecular formula is C24H29N3O6S2. The maximum atomic E-state index is 13.7. The summed E-state index contributed by atoms with van der Waals surface area (Å²) in [4.78, 5) is 24.8. The molecule has 2 heterocycles. The first-order valence-corrected chi connectivity index (χ1v) is 13.6. The summed E-state index contributed by atoms with van der Waals surface area (Å²) in [5.74, 6) is -0.391. The molecule has 1 saturated heterocycles. The van der Waals surface area contributed by atoms with Crippen LogP contribution in [0.3, 0.4) is 0 Å². The van der Waals surface area contributed by atoms with Crippen LogP contribution in [0.2, 0.25) is 0 Å². The lowest BCUT2D eigenvalue weighted by molar-refractivity contribution is -0.134. The van der Waals surface area contributed by atoms with Crippen molar-refractivity contribution >= 4 is 61.2 Å². The Hall–Kier alpha value is -2.60. The Morgan fingerprint density at radius 3 is 2.49 bits per heavy atom. The van der Waals surface area contributed by atoms with Gasteiger partial charge in [-0.25, -0.2) is 13.9 Å². The highest BCUT2D eigenvalue weighted by Crippen LogP contribution is 2.39. The lowest BCUT2D eigenvalue weighted by Crippen LogP contribution is -2.61. The molecule has 1 atom stereocenters. The predicted octanol–water partition coefficient (Wildman–Crippen LogP) is 3.96. The number of amides is 2. The van der Waals surface area contributed by atoms with Crippen LogP contribution in [-0.2, 0) is 19.6 Å². The number of anilines is 1.